The molecule has 1 aromatic heterocycles. The highest BCUT2D eigenvalue weighted by Gasteiger charge is 2.22. The molecule has 0 unspecified atom stereocenters. The third-order valence-electron chi connectivity index (χ3n) is 5.33. The van der Waals surface area contributed by atoms with Crippen molar-refractivity contribution in [2.24, 2.45) is 5.92 Å². The van der Waals surface area contributed by atoms with Gasteiger partial charge in [0.1, 0.15) is 5.69 Å². The Hall–Kier alpha value is -3.65. The minimum Gasteiger partial charge on any atom is -0.481 e. The molecule has 3 rings (SSSR count). The van der Waals surface area contributed by atoms with Crippen LogP contribution in [0.25, 0.3) is 11.1 Å². The molecule has 0 saturated carbocycles. The fraction of sp³-hybridized carbons (Fsp3) is 0.250. The van der Waals surface area contributed by atoms with Gasteiger partial charge in [0.2, 0.25) is 0 Å². The standard InChI is InChI=1S/C24H24ClN3O5/c1-14(23(30)31)11-19(26-22(29)20-13-21(24(32)33)28-27-20)10-7-15-5-8-16(9-6-15)17-3-2-4-18(25)12-17/h2-6,8-9,12-14,19H,7,10-11H2,1H3,(H,26,29)(H,27,28)(H,30,31)(H,32,33)/t14-,19+/m0/s1. The first-order valence-corrected chi connectivity index (χ1v) is 10.8. The molecule has 1 amide bonds. The van der Waals surface area contributed by atoms with E-state index in [-0.39, 0.29) is 17.8 Å². The van der Waals surface area contributed by atoms with E-state index in [1.807, 2.05) is 48.5 Å². The molecule has 0 fully saturated rings. The second kappa shape index (κ2) is 10.8. The number of amides is 1. The molecule has 0 aliphatic heterocycles. The van der Waals surface area contributed by atoms with E-state index in [4.69, 9.17) is 16.7 Å². The number of halogens is 1. The van der Waals surface area contributed by atoms with Gasteiger partial charge in [-0.05, 0) is 48.1 Å². The molecule has 9 heteroatoms. The van der Waals surface area contributed by atoms with Crippen LogP contribution in [0.3, 0.4) is 0 Å². The number of benzene rings is 2. The molecule has 0 radical (unpaired) electrons. The van der Waals surface area contributed by atoms with Crippen LogP contribution in [-0.4, -0.2) is 44.3 Å². The van der Waals surface area contributed by atoms with Crippen LogP contribution in [0.1, 0.15) is 46.3 Å². The number of aromatic amines is 1. The van der Waals surface area contributed by atoms with Gasteiger partial charge in [-0.1, -0.05) is 54.9 Å². The summed E-state index contributed by atoms with van der Waals surface area (Å²) in [5, 5.41) is 27.7. The highest BCUT2D eigenvalue weighted by Crippen LogP contribution is 2.23. The summed E-state index contributed by atoms with van der Waals surface area (Å²) in [4.78, 5) is 34.9. The molecule has 0 bridgehead atoms. The lowest BCUT2D eigenvalue weighted by Crippen LogP contribution is -2.37. The Morgan fingerprint density at radius 3 is 2.39 bits per heavy atom. The van der Waals surface area contributed by atoms with Gasteiger partial charge in [-0.2, -0.15) is 5.10 Å². The summed E-state index contributed by atoms with van der Waals surface area (Å²) in [6, 6.07) is 16.2. The number of carbonyl (C=O) groups is 3. The van der Waals surface area contributed by atoms with Crippen molar-refractivity contribution >= 4 is 29.4 Å². The predicted octanol–water partition coefficient (Wildman–Crippen LogP) is 4.27. The molecule has 2 atom stereocenters. The van der Waals surface area contributed by atoms with Gasteiger partial charge < -0.3 is 15.5 Å². The van der Waals surface area contributed by atoms with E-state index in [9.17, 15) is 19.5 Å². The van der Waals surface area contributed by atoms with Crippen molar-refractivity contribution in [3.8, 4) is 11.1 Å². The van der Waals surface area contributed by atoms with Crippen molar-refractivity contribution in [3.63, 3.8) is 0 Å². The number of carboxylic acids is 2. The normalized spacial score (nSPS) is 12.7. The average molecular weight is 470 g/mol. The Morgan fingerprint density at radius 2 is 1.79 bits per heavy atom. The lowest BCUT2D eigenvalue weighted by molar-refractivity contribution is -0.141. The summed E-state index contributed by atoms with van der Waals surface area (Å²) in [6.07, 6.45) is 1.36. The van der Waals surface area contributed by atoms with Gasteiger partial charge in [0.15, 0.2) is 5.69 Å². The van der Waals surface area contributed by atoms with Crippen LogP contribution < -0.4 is 5.32 Å². The monoisotopic (exact) mass is 469 g/mol. The number of carboxylic acid groups (broad SMARTS) is 2. The topological polar surface area (TPSA) is 132 Å². The predicted molar refractivity (Wildman–Crippen MR) is 123 cm³/mol. The van der Waals surface area contributed by atoms with Crippen molar-refractivity contribution in [2.75, 3.05) is 0 Å². The fourth-order valence-corrected chi connectivity index (χ4v) is 3.65. The number of nitrogens with one attached hydrogen (secondary N) is 2. The van der Waals surface area contributed by atoms with Gasteiger partial charge >= 0.3 is 11.9 Å². The van der Waals surface area contributed by atoms with Crippen molar-refractivity contribution in [3.05, 3.63) is 76.6 Å². The molecule has 1 heterocycles. The van der Waals surface area contributed by atoms with Gasteiger partial charge in [-0.25, -0.2) is 4.79 Å². The number of aromatic carboxylic acids is 1. The van der Waals surface area contributed by atoms with E-state index in [0.29, 0.717) is 17.9 Å². The van der Waals surface area contributed by atoms with Crippen LogP contribution in [0.2, 0.25) is 5.02 Å². The summed E-state index contributed by atoms with van der Waals surface area (Å²) >= 11 is 6.07. The van der Waals surface area contributed by atoms with E-state index in [2.05, 4.69) is 15.5 Å². The van der Waals surface area contributed by atoms with Crippen LogP contribution in [0, 0.1) is 5.92 Å². The number of aromatic nitrogens is 2. The molecular formula is C24H24ClN3O5. The zero-order valence-corrected chi connectivity index (χ0v) is 18.7. The highest BCUT2D eigenvalue weighted by molar-refractivity contribution is 6.30. The van der Waals surface area contributed by atoms with Crippen LogP contribution in [0.5, 0.6) is 0 Å². The number of nitrogens with zero attached hydrogens (tertiary/aromatic N) is 1. The van der Waals surface area contributed by atoms with Crippen molar-refractivity contribution in [1.29, 1.82) is 0 Å². The number of H-pyrrole nitrogens is 1. The van der Waals surface area contributed by atoms with Crippen LogP contribution in [0.15, 0.2) is 54.6 Å². The van der Waals surface area contributed by atoms with Crippen molar-refractivity contribution < 1.29 is 24.6 Å². The Labute approximate surface area is 195 Å². The number of hydrogen-bond donors (Lipinski definition) is 4. The number of aryl methyl sites for hydroxylation is 1. The zero-order chi connectivity index (χ0) is 24.0. The van der Waals surface area contributed by atoms with Crippen LogP contribution in [-0.2, 0) is 11.2 Å². The first-order valence-electron chi connectivity index (χ1n) is 10.4. The second-order valence-electron chi connectivity index (χ2n) is 7.86. The maximum Gasteiger partial charge on any atom is 0.353 e. The van der Waals surface area contributed by atoms with E-state index in [0.717, 1.165) is 22.8 Å². The largest absolute Gasteiger partial charge is 0.481 e. The smallest absolute Gasteiger partial charge is 0.353 e. The lowest BCUT2D eigenvalue weighted by atomic mass is 9.95. The first kappa shape index (κ1) is 24.0. The molecule has 33 heavy (non-hydrogen) atoms. The molecule has 3 aromatic rings. The quantitative estimate of drug-likeness (QED) is 0.350. The molecular weight excluding hydrogens is 446 g/mol. The number of aliphatic carboxylic acids is 1. The highest BCUT2D eigenvalue weighted by atomic mass is 35.5. The summed E-state index contributed by atoms with van der Waals surface area (Å²) < 4.78 is 0. The zero-order valence-electron chi connectivity index (χ0n) is 17.9. The van der Waals surface area contributed by atoms with Gasteiger partial charge in [0.25, 0.3) is 5.91 Å². The molecule has 0 aliphatic rings. The Morgan fingerprint density at radius 1 is 1.06 bits per heavy atom. The maximum atomic E-state index is 12.5. The van der Waals surface area contributed by atoms with E-state index in [1.165, 1.54) is 0 Å². The molecule has 0 saturated heterocycles. The summed E-state index contributed by atoms with van der Waals surface area (Å²) in [6.45, 7) is 1.58. The second-order valence-corrected chi connectivity index (χ2v) is 8.30. The molecule has 0 spiro atoms. The average Bonchev–Trinajstić information content (AvgIpc) is 3.28. The number of carbonyl (C=O) groups excluding carboxylic acids is 1. The van der Waals surface area contributed by atoms with Gasteiger partial charge in [0.05, 0.1) is 5.92 Å². The maximum absolute atomic E-state index is 12.5. The lowest BCUT2D eigenvalue weighted by Gasteiger charge is -2.20. The molecule has 2 aromatic carbocycles. The van der Waals surface area contributed by atoms with E-state index in [1.54, 1.807) is 6.92 Å². The summed E-state index contributed by atoms with van der Waals surface area (Å²) in [5.74, 6) is -3.39. The first-order chi connectivity index (χ1) is 15.7. The molecule has 8 nitrogen and oxygen atoms in total. The van der Waals surface area contributed by atoms with Crippen molar-refractivity contribution in [2.45, 2.75) is 32.2 Å². The Balaban J connectivity index is 1.67. The van der Waals surface area contributed by atoms with E-state index >= 15 is 0 Å². The van der Waals surface area contributed by atoms with Gasteiger partial charge in [0, 0.05) is 17.1 Å². The SMILES string of the molecule is C[C@@H](C[C@@H](CCc1ccc(-c2cccc(Cl)c2)cc1)NC(=O)c1cc(C(=O)O)[nH]n1)C(=O)O. The van der Waals surface area contributed by atoms with Gasteiger partial charge in [-0.3, -0.25) is 14.7 Å². The van der Waals surface area contributed by atoms with Crippen LogP contribution in [0.4, 0.5) is 0 Å². The fourth-order valence-electron chi connectivity index (χ4n) is 3.46. The molecule has 4 N–H and O–H groups in total. The number of hydrogen-bond acceptors (Lipinski definition) is 4. The minimum absolute atomic E-state index is 0.0637. The summed E-state index contributed by atoms with van der Waals surface area (Å²) in [5.41, 5.74) is 2.81. The molecule has 0 aliphatic carbocycles. The number of rotatable bonds is 10. The third-order valence-corrected chi connectivity index (χ3v) is 5.56. The third kappa shape index (κ3) is 6.66. The van der Waals surface area contributed by atoms with Gasteiger partial charge in [-0.15, -0.1) is 0 Å². The Bertz CT molecular complexity index is 1140. The van der Waals surface area contributed by atoms with Crippen molar-refractivity contribution in [1.82, 2.24) is 15.5 Å². The molecule has 172 valence electrons. The Kier molecular flexibility index (Phi) is 7.84. The van der Waals surface area contributed by atoms with Crippen LogP contribution >= 0.6 is 11.6 Å². The van der Waals surface area contributed by atoms with E-state index < -0.39 is 29.8 Å². The summed E-state index contributed by atoms with van der Waals surface area (Å²) in [7, 11) is 0. The minimum atomic E-state index is -1.22.